The van der Waals surface area contributed by atoms with Gasteiger partial charge in [-0.2, -0.15) is 0 Å². The summed E-state index contributed by atoms with van der Waals surface area (Å²) >= 11 is 0. The van der Waals surface area contributed by atoms with Crippen molar-refractivity contribution in [3.05, 3.63) is 78.9 Å². The van der Waals surface area contributed by atoms with E-state index in [0.29, 0.717) is 13.4 Å². The maximum absolute atomic E-state index is 8.77. The smallest absolute Gasteiger partial charge is 0.537 e. The third-order valence-corrected chi connectivity index (χ3v) is 4.71. The Morgan fingerprint density at radius 2 is 1.42 bits per heavy atom. The topological polar surface area (TPSA) is 42.6 Å². The van der Waals surface area contributed by atoms with Crippen molar-refractivity contribution in [1.82, 2.24) is 0 Å². The van der Waals surface area contributed by atoms with E-state index in [1.807, 2.05) is 42.5 Å². The fourth-order valence-electron chi connectivity index (χ4n) is 3.44. The molecule has 0 aliphatic heterocycles. The number of rotatable bonds is 3. The number of furan rings is 1. The van der Waals surface area contributed by atoms with Crippen LogP contribution in [0.3, 0.4) is 0 Å². The predicted octanol–water partition coefficient (Wildman–Crippen LogP) is 5.31. The lowest BCUT2D eigenvalue weighted by Crippen LogP contribution is -1.99. The summed E-state index contributed by atoms with van der Waals surface area (Å²) in [5.41, 5.74) is 4.10. The van der Waals surface area contributed by atoms with Crippen LogP contribution in [-0.2, 0) is 0 Å². The highest BCUT2D eigenvalue weighted by molar-refractivity contribution is 6.17. The second-order valence-electron chi connectivity index (χ2n) is 6.26. The Balaban J connectivity index is 1.64. The summed E-state index contributed by atoms with van der Waals surface area (Å²) < 4.78 is 10.9. The van der Waals surface area contributed by atoms with Crippen LogP contribution in [0.5, 0.6) is 5.75 Å². The largest absolute Gasteiger partial charge is 0.569 e. The molecule has 1 N–H and O–H groups in total. The van der Waals surface area contributed by atoms with Gasteiger partial charge in [-0.15, -0.1) is 0 Å². The molecule has 0 unspecified atom stereocenters. The average molecular weight is 337 g/mol. The molecule has 123 valence electrons. The number of benzene rings is 4. The molecule has 4 heteroatoms. The zero-order valence-corrected chi connectivity index (χ0v) is 13.8. The first-order valence-electron chi connectivity index (χ1n) is 8.40. The van der Waals surface area contributed by atoms with Crippen LogP contribution in [0.4, 0.5) is 0 Å². The van der Waals surface area contributed by atoms with Gasteiger partial charge >= 0.3 is 7.69 Å². The van der Waals surface area contributed by atoms with Crippen LogP contribution < -0.4 is 4.65 Å². The van der Waals surface area contributed by atoms with E-state index in [-0.39, 0.29) is 0 Å². The molecule has 0 amide bonds. The molecule has 0 atom stereocenters. The molecule has 0 aliphatic carbocycles. The maximum atomic E-state index is 8.77. The Hall–Kier alpha value is -3.24. The van der Waals surface area contributed by atoms with Gasteiger partial charge in [0.25, 0.3) is 0 Å². The third kappa shape index (κ3) is 2.43. The molecule has 0 fully saturated rings. The summed E-state index contributed by atoms with van der Waals surface area (Å²) in [5.74, 6) is 0.610. The van der Waals surface area contributed by atoms with E-state index in [0.717, 1.165) is 43.8 Å². The molecule has 1 aromatic heterocycles. The van der Waals surface area contributed by atoms with E-state index >= 15 is 0 Å². The summed E-state index contributed by atoms with van der Waals surface area (Å²) in [5, 5.41) is 13.2. The first-order valence-corrected chi connectivity index (χ1v) is 8.40. The Bertz CT molecular complexity index is 1260. The van der Waals surface area contributed by atoms with Crippen LogP contribution in [0.1, 0.15) is 0 Å². The van der Waals surface area contributed by atoms with E-state index in [4.69, 9.17) is 14.1 Å². The molecule has 0 bridgehead atoms. The Labute approximate surface area is 150 Å². The quantitative estimate of drug-likeness (QED) is 0.454. The first kappa shape index (κ1) is 15.1. The zero-order valence-electron chi connectivity index (χ0n) is 13.8. The van der Waals surface area contributed by atoms with Gasteiger partial charge in [-0.3, -0.25) is 0 Å². The Kier molecular flexibility index (Phi) is 3.44. The maximum Gasteiger partial charge on any atom is 0.569 e. The summed E-state index contributed by atoms with van der Waals surface area (Å²) in [7, 11) is 0.694. The molecule has 5 aromatic rings. The van der Waals surface area contributed by atoms with E-state index in [1.165, 1.54) is 0 Å². The van der Waals surface area contributed by atoms with Gasteiger partial charge in [0.2, 0.25) is 0 Å². The van der Waals surface area contributed by atoms with E-state index in [9.17, 15) is 0 Å². The second kappa shape index (κ2) is 5.93. The minimum atomic E-state index is 0.610. The van der Waals surface area contributed by atoms with Crippen LogP contribution in [0.15, 0.2) is 83.3 Å². The summed E-state index contributed by atoms with van der Waals surface area (Å²) in [6.07, 6.45) is 0. The lowest BCUT2D eigenvalue weighted by atomic mass is 9.99. The first-order chi connectivity index (χ1) is 12.8. The number of fused-ring (bicyclic) bond motifs is 4. The van der Waals surface area contributed by atoms with Crippen LogP contribution in [0.25, 0.3) is 43.8 Å². The molecular weight excluding hydrogens is 323 g/mol. The van der Waals surface area contributed by atoms with Gasteiger partial charge in [0, 0.05) is 10.8 Å². The standard InChI is InChI=1S/C22H14BO3/c24-23-26-18-9-7-15-11-14(5-6-16(15)12-18)17-8-10-22-20(13-17)19-3-1-2-4-21(19)25-22/h1-13,24H. The number of hydrogen-bond acceptors (Lipinski definition) is 3. The van der Waals surface area contributed by atoms with Crippen molar-refractivity contribution < 1.29 is 14.1 Å². The van der Waals surface area contributed by atoms with Crippen molar-refractivity contribution in [2.75, 3.05) is 0 Å². The van der Waals surface area contributed by atoms with Gasteiger partial charge in [0.05, 0.1) is 0 Å². The monoisotopic (exact) mass is 337 g/mol. The Morgan fingerprint density at radius 1 is 0.692 bits per heavy atom. The van der Waals surface area contributed by atoms with Crippen molar-refractivity contribution in [3.63, 3.8) is 0 Å². The SMILES string of the molecule is O[B]Oc1ccc2cc(-c3ccc4oc5ccccc5c4c3)ccc2c1. The zero-order chi connectivity index (χ0) is 17.5. The average Bonchev–Trinajstić information content (AvgIpc) is 3.06. The van der Waals surface area contributed by atoms with Crippen molar-refractivity contribution in [2.45, 2.75) is 0 Å². The van der Waals surface area contributed by atoms with Crippen LogP contribution >= 0.6 is 0 Å². The van der Waals surface area contributed by atoms with Gasteiger partial charge in [0.1, 0.15) is 16.9 Å². The van der Waals surface area contributed by atoms with Gasteiger partial charge in [0.15, 0.2) is 0 Å². The predicted molar refractivity (Wildman–Crippen MR) is 105 cm³/mol. The molecule has 0 aliphatic rings. The Morgan fingerprint density at radius 3 is 2.35 bits per heavy atom. The van der Waals surface area contributed by atoms with E-state index < -0.39 is 0 Å². The molecule has 0 spiro atoms. The molecule has 0 saturated carbocycles. The van der Waals surface area contributed by atoms with Gasteiger partial charge in [-0.05, 0) is 58.3 Å². The fraction of sp³-hybridized carbons (Fsp3) is 0. The highest BCUT2D eigenvalue weighted by Crippen LogP contribution is 2.33. The minimum Gasteiger partial charge on any atom is -0.537 e. The molecule has 26 heavy (non-hydrogen) atoms. The molecule has 0 saturated heterocycles. The molecule has 4 aromatic carbocycles. The minimum absolute atomic E-state index is 0.610. The highest BCUT2D eigenvalue weighted by atomic mass is 16.5. The van der Waals surface area contributed by atoms with Crippen molar-refractivity contribution in [2.24, 2.45) is 0 Å². The van der Waals surface area contributed by atoms with Gasteiger partial charge in [-0.25, -0.2) is 0 Å². The number of para-hydroxylation sites is 1. The number of hydrogen-bond donors (Lipinski definition) is 1. The lowest BCUT2D eigenvalue weighted by molar-refractivity contribution is 0.454. The molecule has 3 nitrogen and oxygen atoms in total. The van der Waals surface area contributed by atoms with Gasteiger partial charge in [-0.1, -0.05) is 42.5 Å². The van der Waals surface area contributed by atoms with E-state index in [1.54, 1.807) is 0 Å². The van der Waals surface area contributed by atoms with Crippen molar-refractivity contribution in [3.8, 4) is 16.9 Å². The second-order valence-corrected chi connectivity index (χ2v) is 6.26. The molecular formula is C22H14BO3. The lowest BCUT2D eigenvalue weighted by Gasteiger charge is -2.07. The van der Waals surface area contributed by atoms with Crippen LogP contribution in [-0.4, -0.2) is 12.7 Å². The summed E-state index contributed by atoms with van der Waals surface area (Å²) in [4.78, 5) is 0. The normalized spacial score (nSPS) is 11.3. The molecule has 5 rings (SSSR count). The molecule has 1 heterocycles. The van der Waals surface area contributed by atoms with Crippen LogP contribution in [0.2, 0.25) is 0 Å². The molecule has 1 radical (unpaired) electrons. The van der Waals surface area contributed by atoms with Crippen molar-refractivity contribution >= 4 is 40.4 Å². The summed E-state index contributed by atoms with van der Waals surface area (Å²) in [6, 6.07) is 26.4. The van der Waals surface area contributed by atoms with E-state index in [2.05, 4.69) is 36.4 Å². The fourth-order valence-corrected chi connectivity index (χ4v) is 3.44. The van der Waals surface area contributed by atoms with Crippen LogP contribution in [0, 0.1) is 0 Å². The van der Waals surface area contributed by atoms with Crippen molar-refractivity contribution in [1.29, 1.82) is 0 Å². The third-order valence-electron chi connectivity index (χ3n) is 4.71. The van der Waals surface area contributed by atoms with Gasteiger partial charge < -0.3 is 14.1 Å². The highest BCUT2D eigenvalue weighted by Gasteiger charge is 2.08. The summed E-state index contributed by atoms with van der Waals surface area (Å²) in [6.45, 7) is 0.